The van der Waals surface area contributed by atoms with Gasteiger partial charge in [0, 0.05) is 19.4 Å². The van der Waals surface area contributed by atoms with Crippen LogP contribution >= 0.6 is 11.6 Å². The van der Waals surface area contributed by atoms with E-state index in [1.807, 2.05) is 0 Å². The maximum absolute atomic E-state index is 13.2. The fourth-order valence-electron chi connectivity index (χ4n) is 1.81. The summed E-state index contributed by atoms with van der Waals surface area (Å²) in [5, 5.41) is 0.0636. The number of benzene rings is 1. The summed E-state index contributed by atoms with van der Waals surface area (Å²) in [5.41, 5.74) is 0.571. The Hall–Kier alpha value is -0.930. The molecule has 0 unspecified atom stereocenters. The van der Waals surface area contributed by atoms with Crippen LogP contribution in [0.1, 0.15) is 25.8 Å². The molecule has 0 N–H and O–H groups in total. The van der Waals surface area contributed by atoms with Gasteiger partial charge in [0.25, 0.3) is 0 Å². The molecule has 0 spiro atoms. The standard InChI is InChI=1S/C14H19ClFNO/c1-3-17(4-2)9-8-12(18)10-11-6-5-7-13(16)14(11)15/h5-7H,3-4,8-10H2,1-2H3. The Morgan fingerprint density at radius 1 is 1.33 bits per heavy atom. The molecule has 0 saturated carbocycles. The van der Waals surface area contributed by atoms with E-state index >= 15 is 0 Å². The molecule has 0 aliphatic carbocycles. The normalized spacial score (nSPS) is 10.9. The second-order valence-electron chi connectivity index (χ2n) is 4.21. The maximum Gasteiger partial charge on any atom is 0.142 e. The number of hydrogen-bond donors (Lipinski definition) is 0. The van der Waals surface area contributed by atoms with Crippen LogP contribution in [0.15, 0.2) is 18.2 Å². The van der Waals surface area contributed by atoms with Crippen LogP contribution in [-0.4, -0.2) is 30.3 Å². The zero-order valence-corrected chi connectivity index (χ0v) is 11.6. The summed E-state index contributed by atoms with van der Waals surface area (Å²) >= 11 is 5.82. The van der Waals surface area contributed by atoms with E-state index in [1.165, 1.54) is 6.07 Å². The predicted molar refractivity (Wildman–Crippen MR) is 72.5 cm³/mol. The number of carbonyl (C=O) groups is 1. The van der Waals surface area contributed by atoms with Crippen molar-refractivity contribution in [3.8, 4) is 0 Å². The van der Waals surface area contributed by atoms with Crippen molar-refractivity contribution in [2.75, 3.05) is 19.6 Å². The van der Waals surface area contributed by atoms with Gasteiger partial charge in [-0.25, -0.2) is 4.39 Å². The summed E-state index contributed by atoms with van der Waals surface area (Å²) in [6.07, 6.45) is 0.687. The highest BCUT2D eigenvalue weighted by atomic mass is 35.5. The Morgan fingerprint density at radius 3 is 2.61 bits per heavy atom. The highest BCUT2D eigenvalue weighted by Crippen LogP contribution is 2.20. The minimum absolute atomic E-state index is 0.0636. The number of rotatable bonds is 7. The number of nitrogens with zero attached hydrogens (tertiary/aromatic N) is 1. The third-order valence-corrected chi connectivity index (χ3v) is 3.44. The van der Waals surface area contributed by atoms with Crippen LogP contribution < -0.4 is 0 Å². The van der Waals surface area contributed by atoms with Crippen molar-refractivity contribution in [2.24, 2.45) is 0 Å². The average molecular weight is 272 g/mol. The minimum Gasteiger partial charge on any atom is -0.303 e. The van der Waals surface area contributed by atoms with E-state index in [-0.39, 0.29) is 17.2 Å². The molecule has 100 valence electrons. The van der Waals surface area contributed by atoms with Crippen molar-refractivity contribution in [2.45, 2.75) is 26.7 Å². The first kappa shape index (κ1) is 15.1. The Labute approximate surface area is 113 Å². The molecule has 0 aromatic heterocycles. The molecular weight excluding hydrogens is 253 g/mol. The topological polar surface area (TPSA) is 20.3 Å². The summed E-state index contributed by atoms with van der Waals surface area (Å²) in [6.45, 7) is 6.75. The van der Waals surface area contributed by atoms with Gasteiger partial charge < -0.3 is 4.90 Å². The molecule has 0 radical (unpaired) electrons. The van der Waals surface area contributed by atoms with E-state index in [0.29, 0.717) is 12.0 Å². The van der Waals surface area contributed by atoms with Gasteiger partial charge in [-0.05, 0) is 24.7 Å². The van der Waals surface area contributed by atoms with Crippen molar-refractivity contribution in [1.29, 1.82) is 0 Å². The molecular formula is C14H19ClFNO. The molecule has 0 bridgehead atoms. The summed E-state index contributed by atoms with van der Waals surface area (Å²) in [7, 11) is 0. The van der Waals surface area contributed by atoms with Gasteiger partial charge in [-0.2, -0.15) is 0 Å². The maximum atomic E-state index is 13.2. The number of carbonyl (C=O) groups excluding carboxylic acids is 1. The number of hydrogen-bond acceptors (Lipinski definition) is 2. The van der Waals surface area contributed by atoms with Gasteiger partial charge >= 0.3 is 0 Å². The van der Waals surface area contributed by atoms with E-state index in [4.69, 9.17) is 11.6 Å². The van der Waals surface area contributed by atoms with Crippen LogP contribution in [0.4, 0.5) is 4.39 Å². The molecule has 0 atom stereocenters. The summed E-state index contributed by atoms with van der Waals surface area (Å²) in [5.74, 6) is -0.375. The van der Waals surface area contributed by atoms with Gasteiger partial charge in [0.2, 0.25) is 0 Å². The van der Waals surface area contributed by atoms with Crippen molar-refractivity contribution < 1.29 is 9.18 Å². The molecule has 2 nitrogen and oxygen atoms in total. The van der Waals surface area contributed by atoms with Crippen LogP contribution in [-0.2, 0) is 11.2 Å². The van der Waals surface area contributed by atoms with Crippen LogP contribution in [0, 0.1) is 5.82 Å². The zero-order valence-electron chi connectivity index (χ0n) is 10.9. The van der Waals surface area contributed by atoms with Crippen molar-refractivity contribution in [1.82, 2.24) is 4.90 Å². The van der Waals surface area contributed by atoms with Gasteiger partial charge in [0.1, 0.15) is 11.6 Å². The quantitative estimate of drug-likeness (QED) is 0.758. The molecule has 0 aliphatic rings. The molecule has 0 saturated heterocycles. The van der Waals surface area contributed by atoms with Crippen molar-refractivity contribution in [3.05, 3.63) is 34.6 Å². The average Bonchev–Trinajstić information content (AvgIpc) is 2.36. The largest absolute Gasteiger partial charge is 0.303 e. The summed E-state index contributed by atoms with van der Waals surface area (Å²) in [4.78, 5) is 14.0. The van der Waals surface area contributed by atoms with Crippen LogP contribution in [0.2, 0.25) is 5.02 Å². The Bertz CT molecular complexity index is 405. The van der Waals surface area contributed by atoms with E-state index in [2.05, 4.69) is 18.7 Å². The van der Waals surface area contributed by atoms with E-state index in [0.717, 1.165) is 19.6 Å². The first-order chi connectivity index (χ1) is 8.58. The SMILES string of the molecule is CCN(CC)CCC(=O)Cc1cccc(F)c1Cl. The second-order valence-corrected chi connectivity index (χ2v) is 4.58. The van der Waals surface area contributed by atoms with Crippen LogP contribution in [0.3, 0.4) is 0 Å². The molecule has 0 fully saturated rings. The van der Waals surface area contributed by atoms with E-state index in [1.54, 1.807) is 12.1 Å². The highest BCUT2D eigenvalue weighted by molar-refractivity contribution is 6.31. The summed E-state index contributed by atoms with van der Waals surface area (Å²) in [6, 6.07) is 4.57. The third-order valence-electron chi connectivity index (χ3n) is 3.02. The second kappa shape index (κ2) is 7.49. The van der Waals surface area contributed by atoms with Crippen molar-refractivity contribution in [3.63, 3.8) is 0 Å². The summed E-state index contributed by atoms with van der Waals surface area (Å²) < 4.78 is 13.2. The molecule has 1 aromatic carbocycles. The van der Waals surface area contributed by atoms with E-state index in [9.17, 15) is 9.18 Å². The lowest BCUT2D eigenvalue weighted by atomic mass is 10.1. The lowest BCUT2D eigenvalue weighted by Crippen LogP contribution is -2.26. The Balaban J connectivity index is 2.52. The number of ketones is 1. The predicted octanol–water partition coefficient (Wildman–Crippen LogP) is 3.32. The lowest BCUT2D eigenvalue weighted by Gasteiger charge is -2.17. The minimum atomic E-state index is -0.467. The smallest absolute Gasteiger partial charge is 0.142 e. The van der Waals surface area contributed by atoms with Gasteiger partial charge in [-0.15, -0.1) is 0 Å². The third kappa shape index (κ3) is 4.39. The van der Waals surface area contributed by atoms with Gasteiger partial charge in [-0.1, -0.05) is 37.6 Å². The van der Waals surface area contributed by atoms with Crippen LogP contribution in [0.25, 0.3) is 0 Å². The van der Waals surface area contributed by atoms with Gasteiger partial charge in [0.05, 0.1) is 5.02 Å². The molecule has 1 rings (SSSR count). The Morgan fingerprint density at radius 2 is 2.00 bits per heavy atom. The van der Waals surface area contributed by atoms with Crippen LogP contribution in [0.5, 0.6) is 0 Å². The van der Waals surface area contributed by atoms with E-state index < -0.39 is 5.82 Å². The molecule has 1 aromatic rings. The lowest BCUT2D eigenvalue weighted by molar-refractivity contribution is -0.118. The monoisotopic (exact) mass is 271 g/mol. The van der Waals surface area contributed by atoms with Crippen molar-refractivity contribution >= 4 is 17.4 Å². The molecule has 0 amide bonds. The highest BCUT2D eigenvalue weighted by Gasteiger charge is 2.11. The Kier molecular flexibility index (Phi) is 6.30. The number of Topliss-reactive ketones (excluding diaryl/α,β-unsaturated/α-hetero) is 1. The molecule has 0 aliphatic heterocycles. The first-order valence-electron chi connectivity index (χ1n) is 6.25. The number of halogens is 2. The fourth-order valence-corrected chi connectivity index (χ4v) is 2.00. The molecule has 4 heteroatoms. The first-order valence-corrected chi connectivity index (χ1v) is 6.63. The fraction of sp³-hybridized carbons (Fsp3) is 0.500. The molecule has 18 heavy (non-hydrogen) atoms. The van der Waals surface area contributed by atoms with Gasteiger partial charge in [-0.3, -0.25) is 4.79 Å². The van der Waals surface area contributed by atoms with Gasteiger partial charge in [0.15, 0.2) is 0 Å². The zero-order chi connectivity index (χ0) is 13.5. The molecule has 0 heterocycles.